The second kappa shape index (κ2) is 16.6. The van der Waals surface area contributed by atoms with Gasteiger partial charge in [-0.2, -0.15) is 0 Å². The van der Waals surface area contributed by atoms with Gasteiger partial charge in [0.2, 0.25) is 0 Å². The van der Waals surface area contributed by atoms with Crippen molar-refractivity contribution in [3.63, 3.8) is 0 Å². The SMILES string of the molecule is CC(C)[C@H]1CC[C@@H](C)CC1OCC(=O)CCCOCCOCCCCCCCl. The van der Waals surface area contributed by atoms with Gasteiger partial charge in [-0.15, -0.1) is 11.6 Å². The third kappa shape index (κ3) is 12.4. The van der Waals surface area contributed by atoms with Crippen LogP contribution in [0.3, 0.4) is 0 Å². The van der Waals surface area contributed by atoms with E-state index < -0.39 is 0 Å². The Kier molecular flexibility index (Phi) is 15.4. The Labute approximate surface area is 178 Å². The van der Waals surface area contributed by atoms with Crippen LogP contribution in [0.5, 0.6) is 0 Å². The highest BCUT2D eigenvalue weighted by atomic mass is 35.5. The average Bonchev–Trinajstić information content (AvgIpc) is 2.67. The maximum Gasteiger partial charge on any atom is 0.158 e. The fourth-order valence-corrected chi connectivity index (χ4v) is 4.11. The molecule has 1 aliphatic rings. The zero-order valence-electron chi connectivity index (χ0n) is 18.4. The Hall–Kier alpha value is -0.160. The number of hydrogen-bond acceptors (Lipinski definition) is 4. The number of halogens is 1. The molecule has 0 spiro atoms. The van der Waals surface area contributed by atoms with E-state index in [1.165, 1.54) is 25.7 Å². The first kappa shape index (κ1) is 25.9. The van der Waals surface area contributed by atoms with Crippen LogP contribution in [-0.2, 0) is 19.0 Å². The second-order valence-corrected chi connectivity index (χ2v) is 9.02. The molecular formula is C23H43ClO4. The van der Waals surface area contributed by atoms with Gasteiger partial charge in [0.1, 0.15) is 6.61 Å². The van der Waals surface area contributed by atoms with Crippen molar-refractivity contribution in [3.05, 3.63) is 0 Å². The molecule has 0 N–H and O–H groups in total. The smallest absolute Gasteiger partial charge is 0.158 e. The molecular weight excluding hydrogens is 376 g/mol. The van der Waals surface area contributed by atoms with E-state index in [0.29, 0.717) is 44.0 Å². The average molecular weight is 419 g/mol. The van der Waals surface area contributed by atoms with Crippen LogP contribution in [0.25, 0.3) is 0 Å². The predicted octanol–water partition coefficient (Wildman–Crippen LogP) is 5.65. The van der Waals surface area contributed by atoms with E-state index in [1.54, 1.807) is 0 Å². The Morgan fingerprint density at radius 1 is 0.964 bits per heavy atom. The minimum absolute atomic E-state index is 0.192. The number of rotatable bonds is 17. The molecule has 0 radical (unpaired) electrons. The van der Waals surface area contributed by atoms with Gasteiger partial charge < -0.3 is 14.2 Å². The van der Waals surface area contributed by atoms with Gasteiger partial charge in [-0.05, 0) is 49.9 Å². The molecule has 0 saturated heterocycles. The first-order valence-electron chi connectivity index (χ1n) is 11.4. The Bertz CT molecular complexity index is 389. The summed E-state index contributed by atoms with van der Waals surface area (Å²) in [7, 11) is 0. The largest absolute Gasteiger partial charge is 0.379 e. The monoisotopic (exact) mass is 418 g/mol. The molecule has 0 aromatic rings. The van der Waals surface area contributed by atoms with Crippen LogP contribution in [0.2, 0.25) is 0 Å². The second-order valence-electron chi connectivity index (χ2n) is 8.65. The van der Waals surface area contributed by atoms with Gasteiger partial charge in [-0.1, -0.05) is 40.0 Å². The zero-order chi connectivity index (χ0) is 20.6. The molecule has 5 heteroatoms. The Balaban J connectivity index is 1.96. The number of ketones is 1. The van der Waals surface area contributed by atoms with Crippen LogP contribution in [0.15, 0.2) is 0 Å². The number of unbranched alkanes of at least 4 members (excludes halogenated alkanes) is 3. The van der Waals surface area contributed by atoms with Crippen molar-refractivity contribution in [2.45, 2.75) is 84.7 Å². The van der Waals surface area contributed by atoms with E-state index in [2.05, 4.69) is 20.8 Å². The third-order valence-electron chi connectivity index (χ3n) is 5.71. The molecule has 1 rings (SSSR count). The standard InChI is InChI=1S/C23H43ClO4/c1-19(2)22-11-10-20(3)17-23(22)28-18-21(25)9-8-14-27-16-15-26-13-7-5-4-6-12-24/h19-20,22-23H,4-18H2,1-3H3/t20-,22-,23?/m1/s1. The van der Waals surface area contributed by atoms with Gasteiger partial charge in [0.15, 0.2) is 5.78 Å². The molecule has 0 aliphatic heterocycles. The van der Waals surface area contributed by atoms with Crippen molar-refractivity contribution in [1.82, 2.24) is 0 Å². The summed E-state index contributed by atoms with van der Waals surface area (Å²) in [5, 5.41) is 0. The first-order chi connectivity index (χ1) is 13.5. The zero-order valence-corrected chi connectivity index (χ0v) is 19.2. The topological polar surface area (TPSA) is 44.8 Å². The number of carbonyl (C=O) groups excluding carboxylic acids is 1. The fraction of sp³-hybridized carbons (Fsp3) is 0.957. The molecule has 0 heterocycles. The molecule has 1 unspecified atom stereocenters. The van der Waals surface area contributed by atoms with E-state index in [0.717, 1.165) is 38.2 Å². The Morgan fingerprint density at radius 3 is 2.32 bits per heavy atom. The maximum absolute atomic E-state index is 12.1. The minimum Gasteiger partial charge on any atom is -0.379 e. The van der Waals surface area contributed by atoms with Gasteiger partial charge in [0.05, 0.1) is 19.3 Å². The lowest BCUT2D eigenvalue weighted by atomic mass is 9.75. The van der Waals surface area contributed by atoms with E-state index in [-0.39, 0.29) is 18.5 Å². The summed E-state index contributed by atoms with van der Waals surface area (Å²) in [4.78, 5) is 12.1. The summed E-state index contributed by atoms with van der Waals surface area (Å²) in [6.45, 7) is 9.71. The Morgan fingerprint density at radius 2 is 1.64 bits per heavy atom. The molecule has 0 aromatic carbocycles. The number of carbonyl (C=O) groups is 1. The number of Topliss-reactive ketones (excluding diaryl/α,β-unsaturated/α-hetero) is 1. The molecule has 28 heavy (non-hydrogen) atoms. The molecule has 1 aliphatic carbocycles. The maximum atomic E-state index is 12.1. The van der Waals surface area contributed by atoms with Gasteiger partial charge in [-0.3, -0.25) is 4.79 Å². The number of hydrogen-bond donors (Lipinski definition) is 0. The van der Waals surface area contributed by atoms with Crippen molar-refractivity contribution in [2.75, 3.05) is 38.9 Å². The van der Waals surface area contributed by atoms with E-state index in [4.69, 9.17) is 25.8 Å². The summed E-state index contributed by atoms with van der Waals surface area (Å²) in [5.41, 5.74) is 0. The first-order valence-corrected chi connectivity index (χ1v) is 11.9. The highest BCUT2D eigenvalue weighted by Crippen LogP contribution is 2.35. The van der Waals surface area contributed by atoms with Crippen molar-refractivity contribution in [1.29, 1.82) is 0 Å². The molecule has 0 bridgehead atoms. The molecule has 0 amide bonds. The van der Waals surface area contributed by atoms with E-state index in [9.17, 15) is 4.79 Å². The lowest BCUT2D eigenvalue weighted by Crippen LogP contribution is -2.35. The predicted molar refractivity (Wildman–Crippen MR) is 116 cm³/mol. The minimum atomic E-state index is 0.192. The van der Waals surface area contributed by atoms with E-state index in [1.807, 2.05) is 0 Å². The quantitative estimate of drug-likeness (QED) is 0.226. The molecule has 166 valence electrons. The lowest BCUT2D eigenvalue weighted by molar-refractivity contribution is -0.129. The van der Waals surface area contributed by atoms with Gasteiger partial charge in [0.25, 0.3) is 0 Å². The van der Waals surface area contributed by atoms with Gasteiger partial charge >= 0.3 is 0 Å². The summed E-state index contributed by atoms with van der Waals surface area (Å²) >= 11 is 5.64. The summed E-state index contributed by atoms with van der Waals surface area (Å²) in [5.74, 6) is 2.86. The lowest BCUT2D eigenvalue weighted by Gasteiger charge is -2.37. The number of ether oxygens (including phenoxy) is 3. The third-order valence-corrected chi connectivity index (χ3v) is 5.98. The highest BCUT2D eigenvalue weighted by molar-refractivity contribution is 6.17. The molecule has 1 fully saturated rings. The van der Waals surface area contributed by atoms with Crippen LogP contribution >= 0.6 is 11.6 Å². The summed E-state index contributed by atoms with van der Waals surface area (Å²) < 4.78 is 17.1. The van der Waals surface area contributed by atoms with Crippen molar-refractivity contribution in [3.8, 4) is 0 Å². The van der Waals surface area contributed by atoms with Gasteiger partial charge in [0, 0.05) is 25.5 Å². The van der Waals surface area contributed by atoms with Gasteiger partial charge in [-0.25, -0.2) is 0 Å². The van der Waals surface area contributed by atoms with Crippen LogP contribution in [0.1, 0.15) is 78.6 Å². The van der Waals surface area contributed by atoms with Crippen molar-refractivity contribution in [2.24, 2.45) is 17.8 Å². The van der Waals surface area contributed by atoms with Crippen molar-refractivity contribution >= 4 is 17.4 Å². The summed E-state index contributed by atoms with van der Waals surface area (Å²) in [6, 6.07) is 0. The van der Waals surface area contributed by atoms with Crippen LogP contribution < -0.4 is 0 Å². The fourth-order valence-electron chi connectivity index (χ4n) is 3.92. The van der Waals surface area contributed by atoms with E-state index >= 15 is 0 Å². The van der Waals surface area contributed by atoms with Crippen LogP contribution in [-0.4, -0.2) is 50.8 Å². The molecule has 0 aromatic heterocycles. The van der Waals surface area contributed by atoms with Crippen LogP contribution in [0.4, 0.5) is 0 Å². The number of alkyl halides is 1. The summed E-state index contributed by atoms with van der Waals surface area (Å²) in [6.07, 6.45) is 9.67. The van der Waals surface area contributed by atoms with Crippen molar-refractivity contribution < 1.29 is 19.0 Å². The molecule has 3 atom stereocenters. The van der Waals surface area contributed by atoms with Crippen LogP contribution in [0, 0.1) is 17.8 Å². The molecule has 1 saturated carbocycles. The highest BCUT2D eigenvalue weighted by Gasteiger charge is 2.31. The normalized spacial score (nSPS) is 22.7. The molecule has 4 nitrogen and oxygen atoms in total.